The lowest BCUT2D eigenvalue weighted by Crippen LogP contribution is -2.28. The fraction of sp³-hybridized carbons (Fsp3) is 0.357. The van der Waals surface area contributed by atoms with Crippen LogP contribution in [0.1, 0.15) is 6.92 Å². The molecule has 0 unspecified atom stereocenters. The molecule has 0 spiro atoms. The summed E-state index contributed by atoms with van der Waals surface area (Å²) in [5.41, 5.74) is 0.977. The molecule has 0 aliphatic heterocycles. The van der Waals surface area contributed by atoms with E-state index in [1.54, 1.807) is 0 Å². The second kappa shape index (κ2) is 9.02. The van der Waals surface area contributed by atoms with Gasteiger partial charge < -0.3 is 10.1 Å². The van der Waals surface area contributed by atoms with E-state index in [0.717, 1.165) is 10.5 Å². The molecule has 0 atom stereocenters. The van der Waals surface area contributed by atoms with Crippen molar-refractivity contribution in [1.29, 1.82) is 0 Å². The summed E-state index contributed by atoms with van der Waals surface area (Å²) in [6.45, 7) is 7.20. The predicted octanol–water partition coefficient (Wildman–Crippen LogP) is 3.14. The van der Waals surface area contributed by atoms with Gasteiger partial charge in [-0.05, 0) is 31.2 Å². The van der Waals surface area contributed by atoms with Crippen molar-refractivity contribution in [1.82, 2.24) is 5.32 Å². The molecule has 0 bridgehead atoms. The second-order valence-corrected chi connectivity index (χ2v) is 5.59. The molecule has 1 aromatic carbocycles. The van der Waals surface area contributed by atoms with Crippen LogP contribution >= 0.6 is 23.4 Å². The summed E-state index contributed by atoms with van der Waals surface area (Å²) in [5, 5.41) is 3.50. The molecule has 1 N–H and O–H groups in total. The van der Waals surface area contributed by atoms with Gasteiger partial charge in [0.05, 0.1) is 19.0 Å². The van der Waals surface area contributed by atoms with Crippen molar-refractivity contribution in [3.8, 4) is 0 Å². The number of thioether (sulfide) groups is 1. The smallest absolute Gasteiger partial charge is 0.230 e. The Morgan fingerprint density at radius 1 is 1.42 bits per heavy atom. The van der Waals surface area contributed by atoms with Crippen LogP contribution in [0.4, 0.5) is 0 Å². The third kappa shape index (κ3) is 7.93. The summed E-state index contributed by atoms with van der Waals surface area (Å²) in [7, 11) is 0. The number of ether oxygens (including phenoxy) is 1. The van der Waals surface area contributed by atoms with Crippen LogP contribution in [-0.2, 0) is 9.53 Å². The summed E-state index contributed by atoms with van der Waals surface area (Å²) in [4.78, 5) is 12.6. The number of hydrogen-bond donors (Lipinski definition) is 1. The Morgan fingerprint density at radius 2 is 2.11 bits per heavy atom. The van der Waals surface area contributed by atoms with Gasteiger partial charge in [0.2, 0.25) is 5.91 Å². The van der Waals surface area contributed by atoms with Gasteiger partial charge in [0.25, 0.3) is 0 Å². The van der Waals surface area contributed by atoms with Crippen LogP contribution in [0.15, 0.2) is 41.3 Å². The van der Waals surface area contributed by atoms with E-state index in [2.05, 4.69) is 11.9 Å². The van der Waals surface area contributed by atoms with Crippen LogP contribution in [0.5, 0.6) is 0 Å². The summed E-state index contributed by atoms with van der Waals surface area (Å²) in [6.07, 6.45) is 0. The molecule has 5 heteroatoms. The van der Waals surface area contributed by atoms with Crippen LogP contribution in [0.2, 0.25) is 5.02 Å². The average molecular weight is 300 g/mol. The number of carbonyl (C=O) groups is 1. The number of rotatable bonds is 8. The van der Waals surface area contributed by atoms with E-state index in [1.807, 2.05) is 31.2 Å². The molecule has 0 saturated heterocycles. The highest BCUT2D eigenvalue weighted by atomic mass is 35.5. The zero-order valence-electron chi connectivity index (χ0n) is 10.9. The molecule has 19 heavy (non-hydrogen) atoms. The molecular formula is C14H18ClNO2S. The van der Waals surface area contributed by atoms with Crippen molar-refractivity contribution >= 4 is 29.3 Å². The lowest BCUT2D eigenvalue weighted by atomic mass is 10.4. The van der Waals surface area contributed by atoms with E-state index < -0.39 is 0 Å². The van der Waals surface area contributed by atoms with Crippen LogP contribution < -0.4 is 5.32 Å². The monoisotopic (exact) mass is 299 g/mol. The maximum Gasteiger partial charge on any atom is 0.230 e. The van der Waals surface area contributed by atoms with Gasteiger partial charge in [0, 0.05) is 16.5 Å². The Morgan fingerprint density at radius 3 is 2.74 bits per heavy atom. The van der Waals surface area contributed by atoms with Gasteiger partial charge in [-0.1, -0.05) is 23.8 Å². The van der Waals surface area contributed by atoms with Crippen molar-refractivity contribution in [2.75, 3.05) is 25.5 Å². The van der Waals surface area contributed by atoms with E-state index in [9.17, 15) is 4.79 Å². The topological polar surface area (TPSA) is 38.3 Å². The highest BCUT2D eigenvalue weighted by molar-refractivity contribution is 8.00. The maximum atomic E-state index is 11.5. The normalized spacial score (nSPS) is 10.2. The van der Waals surface area contributed by atoms with Crippen LogP contribution in [0.3, 0.4) is 0 Å². The number of carbonyl (C=O) groups excluding carboxylic acids is 1. The van der Waals surface area contributed by atoms with Gasteiger partial charge in [-0.3, -0.25) is 4.79 Å². The number of amides is 1. The summed E-state index contributed by atoms with van der Waals surface area (Å²) >= 11 is 7.27. The Balaban J connectivity index is 2.11. The predicted molar refractivity (Wildman–Crippen MR) is 80.8 cm³/mol. The van der Waals surface area contributed by atoms with Crippen molar-refractivity contribution in [2.45, 2.75) is 11.8 Å². The Hall–Kier alpha value is -0.970. The lowest BCUT2D eigenvalue weighted by Gasteiger charge is -2.06. The first-order valence-electron chi connectivity index (χ1n) is 5.95. The van der Waals surface area contributed by atoms with E-state index in [1.165, 1.54) is 11.8 Å². The molecule has 1 aromatic rings. The SMILES string of the molecule is C=C(C)COCCNC(=O)CSc1ccc(Cl)cc1. The van der Waals surface area contributed by atoms with E-state index in [4.69, 9.17) is 16.3 Å². The standard InChI is InChI=1S/C14H18ClNO2S/c1-11(2)9-18-8-7-16-14(17)10-19-13-5-3-12(15)4-6-13/h3-6H,1,7-10H2,2H3,(H,16,17). The third-order valence-electron chi connectivity index (χ3n) is 2.10. The Bertz CT molecular complexity index is 420. The summed E-state index contributed by atoms with van der Waals surface area (Å²) in [6, 6.07) is 7.42. The maximum absolute atomic E-state index is 11.5. The molecule has 3 nitrogen and oxygen atoms in total. The second-order valence-electron chi connectivity index (χ2n) is 4.10. The van der Waals surface area contributed by atoms with E-state index in [0.29, 0.717) is 30.5 Å². The van der Waals surface area contributed by atoms with E-state index in [-0.39, 0.29) is 5.91 Å². The van der Waals surface area contributed by atoms with Crippen LogP contribution in [0.25, 0.3) is 0 Å². The minimum absolute atomic E-state index is 0.00104. The fourth-order valence-electron chi connectivity index (χ4n) is 1.24. The molecule has 0 heterocycles. The molecule has 0 aromatic heterocycles. The van der Waals surface area contributed by atoms with Crippen LogP contribution in [-0.4, -0.2) is 31.4 Å². The number of halogens is 1. The molecule has 104 valence electrons. The van der Waals surface area contributed by atoms with Gasteiger partial charge in [0.15, 0.2) is 0 Å². The third-order valence-corrected chi connectivity index (χ3v) is 3.36. The van der Waals surface area contributed by atoms with Gasteiger partial charge in [-0.2, -0.15) is 0 Å². The van der Waals surface area contributed by atoms with E-state index >= 15 is 0 Å². The van der Waals surface area contributed by atoms with Gasteiger partial charge >= 0.3 is 0 Å². The van der Waals surface area contributed by atoms with Gasteiger partial charge in [-0.25, -0.2) is 0 Å². The molecule has 0 radical (unpaired) electrons. The fourth-order valence-corrected chi connectivity index (χ4v) is 2.09. The minimum Gasteiger partial charge on any atom is -0.375 e. The first-order chi connectivity index (χ1) is 9.08. The Labute approximate surface area is 123 Å². The van der Waals surface area contributed by atoms with Crippen molar-refractivity contribution in [2.24, 2.45) is 0 Å². The average Bonchev–Trinajstić information content (AvgIpc) is 2.37. The van der Waals surface area contributed by atoms with Gasteiger partial charge in [-0.15, -0.1) is 11.8 Å². The molecule has 1 rings (SSSR count). The first kappa shape index (κ1) is 16.1. The van der Waals surface area contributed by atoms with Crippen LogP contribution in [0, 0.1) is 0 Å². The molecule has 0 aliphatic rings. The number of hydrogen-bond acceptors (Lipinski definition) is 3. The molecule has 0 aliphatic carbocycles. The van der Waals surface area contributed by atoms with Crippen molar-refractivity contribution in [3.05, 3.63) is 41.4 Å². The summed E-state index contributed by atoms with van der Waals surface area (Å²) in [5.74, 6) is 0.390. The highest BCUT2D eigenvalue weighted by Crippen LogP contribution is 2.19. The molecule has 0 fully saturated rings. The highest BCUT2D eigenvalue weighted by Gasteiger charge is 2.02. The largest absolute Gasteiger partial charge is 0.375 e. The molecule has 1 amide bonds. The quantitative estimate of drug-likeness (QED) is 0.455. The zero-order chi connectivity index (χ0) is 14.1. The first-order valence-corrected chi connectivity index (χ1v) is 7.31. The lowest BCUT2D eigenvalue weighted by molar-refractivity contribution is -0.118. The zero-order valence-corrected chi connectivity index (χ0v) is 12.5. The molecule has 0 saturated carbocycles. The molecular weight excluding hydrogens is 282 g/mol. The minimum atomic E-state index is -0.00104. The van der Waals surface area contributed by atoms with Crippen molar-refractivity contribution in [3.63, 3.8) is 0 Å². The van der Waals surface area contributed by atoms with Gasteiger partial charge in [0.1, 0.15) is 0 Å². The number of nitrogens with one attached hydrogen (secondary N) is 1. The Kier molecular flexibility index (Phi) is 7.63. The van der Waals surface area contributed by atoms with Crippen molar-refractivity contribution < 1.29 is 9.53 Å². The number of benzene rings is 1. The summed E-state index contributed by atoms with van der Waals surface area (Å²) < 4.78 is 5.29.